The second-order valence-electron chi connectivity index (χ2n) is 5.84. The maximum atomic E-state index is 13.0. The van der Waals surface area contributed by atoms with E-state index >= 15 is 0 Å². The van der Waals surface area contributed by atoms with E-state index in [1.54, 1.807) is 12.1 Å². The van der Waals surface area contributed by atoms with Gasteiger partial charge in [-0.05, 0) is 36.4 Å². The molecular weight excluding hydrogens is 519 g/mol. The van der Waals surface area contributed by atoms with Crippen LogP contribution in [0.1, 0.15) is 5.69 Å². The molecule has 3 N–H and O–H groups in total. The van der Waals surface area contributed by atoms with E-state index in [9.17, 15) is 17.6 Å². The first-order chi connectivity index (χ1) is 13.8. The molecule has 0 atom stereocenters. The number of para-hydroxylation sites is 2. The first kappa shape index (κ1) is 23.4. The highest BCUT2D eigenvalue weighted by atomic mass is 127. The summed E-state index contributed by atoms with van der Waals surface area (Å²) in [6.45, 7) is 0.219. The number of alkyl halides is 3. The summed E-state index contributed by atoms with van der Waals surface area (Å²) in [5.41, 5.74) is 7.00. The molecule has 0 saturated heterocycles. The topological polar surface area (TPSA) is 85.7 Å². The van der Waals surface area contributed by atoms with E-state index in [0.717, 1.165) is 6.07 Å². The molecule has 3 aromatic rings. The second-order valence-corrected chi connectivity index (χ2v) is 5.84. The van der Waals surface area contributed by atoms with Crippen molar-refractivity contribution in [3.05, 3.63) is 66.3 Å². The van der Waals surface area contributed by atoms with Crippen LogP contribution < -0.4 is 15.8 Å². The lowest BCUT2D eigenvalue weighted by molar-refractivity contribution is -0.274. The number of aliphatic imine (C=N–C) groups is 1. The molecule has 6 nitrogen and oxygen atoms in total. The van der Waals surface area contributed by atoms with Crippen LogP contribution in [0.4, 0.5) is 23.2 Å². The number of anilines is 1. The normalized spacial score (nSPS) is 11.7. The monoisotopic (exact) mass is 536 g/mol. The fraction of sp³-hybridized carbons (Fsp3) is 0.158. The Morgan fingerprint density at radius 3 is 2.53 bits per heavy atom. The molecule has 0 saturated carbocycles. The number of ether oxygens (including phenoxy) is 1. The number of nitrogens with zero attached hydrogens (tertiary/aromatic N) is 2. The van der Waals surface area contributed by atoms with E-state index < -0.39 is 12.1 Å². The molecule has 0 aliphatic rings. The van der Waals surface area contributed by atoms with Crippen LogP contribution >= 0.6 is 24.0 Å². The van der Waals surface area contributed by atoms with Crippen molar-refractivity contribution in [2.75, 3.05) is 11.9 Å². The molecule has 3 rings (SSSR count). The van der Waals surface area contributed by atoms with Crippen molar-refractivity contribution in [3.63, 3.8) is 0 Å². The highest BCUT2D eigenvalue weighted by Crippen LogP contribution is 2.29. The van der Waals surface area contributed by atoms with Crippen molar-refractivity contribution in [3.8, 4) is 17.2 Å². The number of oxazole rings is 1. The molecule has 30 heavy (non-hydrogen) atoms. The number of halogens is 5. The molecule has 0 radical (unpaired) electrons. The largest absolute Gasteiger partial charge is 0.573 e. The van der Waals surface area contributed by atoms with Gasteiger partial charge in [0.15, 0.2) is 11.7 Å². The van der Waals surface area contributed by atoms with Crippen molar-refractivity contribution in [2.45, 2.75) is 12.8 Å². The van der Waals surface area contributed by atoms with Gasteiger partial charge in [-0.25, -0.2) is 9.37 Å². The predicted molar refractivity (Wildman–Crippen MR) is 114 cm³/mol. The Hall–Kier alpha value is -2.83. The average Bonchev–Trinajstić information content (AvgIpc) is 3.12. The van der Waals surface area contributed by atoms with E-state index in [1.165, 1.54) is 36.6 Å². The number of nitrogens with two attached hydrogens (primary N) is 1. The quantitative estimate of drug-likeness (QED) is 0.201. The number of rotatable bonds is 6. The van der Waals surface area contributed by atoms with E-state index in [4.69, 9.17) is 10.2 Å². The highest BCUT2D eigenvalue weighted by molar-refractivity contribution is 14.0. The molecule has 0 aliphatic heterocycles. The smallest absolute Gasteiger partial charge is 0.444 e. The number of hydrogen-bond acceptors (Lipinski definition) is 4. The lowest BCUT2D eigenvalue weighted by Crippen LogP contribution is -2.24. The molecule has 1 heterocycles. The van der Waals surface area contributed by atoms with Gasteiger partial charge in [0.25, 0.3) is 0 Å². The minimum Gasteiger partial charge on any atom is -0.444 e. The van der Waals surface area contributed by atoms with Crippen LogP contribution in [0.2, 0.25) is 0 Å². The number of hydrogen-bond donors (Lipinski definition) is 2. The summed E-state index contributed by atoms with van der Waals surface area (Å²) in [7, 11) is 0. The third-order valence-corrected chi connectivity index (χ3v) is 3.67. The molecular formula is C19H17F4IN4O2. The average molecular weight is 536 g/mol. The van der Waals surface area contributed by atoms with Crippen LogP contribution in [-0.2, 0) is 6.42 Å². The third kappa shape index (κ3) is 6.90. The van der Waals surface area contributed by atoms with E-state index in [2.05, 4.69) is 20.0 Å². The summed E-state index contributed by atoms with van der Waals surface area (Å²) >= 11 is 0. The zero-order valence-corrected chi connectivity index (χ0v) is 17.6. The summed E-state index contributed by atoms with van der Waals surface area (Å²) in [4.78, 5) is 8.34. The van der Waals surface area contributed by atoms with Crippen molar-refractivity contribution in [1.82, 2.24) is 4.98 Å². The summed E-state index contributed by atoms with van der Waals surface area (Å²) in [5.74, 6) is -0.516. The molecule has 2 aromatic carbocycles. The Labute approximate surface area is 186 Å². The molecule has 1 aromatic heterocycles. The van der Waals surface area contributed by atoms with Crippen LogP contribution in [0.15, 0.2) is 64.2 Å². The fourth-order valence-electron chi connectivity index (χ4n) is 2.40. The fourth-order valence-corrected chi connectivity index (χ4v) is 2.40. The van der Waals surface area contributed by atoms with Gasteiger partial charge in [-0.1, -0.05) is 12.1 Å². The number of guanidine groups is 1. The van der Waals surface area contributed by atoms with Crippen molar-refractivity contribution >= 4 is 35.6 Å². The maximum absolute atomic E-state index is 13.0. The number of nitrogens with one attached hydrogen (secondary N) is 1. The molecule has 0 unspecified atom stereocenters. The molecule has 0 spiro atoms. The maximum Gasteiger partial charge on any atom is 0.573 e. The highest BCUT2D eigenvalue weighted by Gasteiger charge is 2.32. The van der Waals surface area contributed by atoms with Gasteiger partial charge in [-0.3, -0.25) is 4.99 Å². The van der Waals surface area contributed by atoms with E-state index in [0.29, 0.717) is 23.6 Å². The Kier molecular flexibility index (Phi) is 8.03. The number of benzene rings is 2. The second kappa shape index (κ2) is 10.3. The molecule has 0 amide bonds. The SMILES string of the molecule is I.NC(=NCCc1coc(-c2ccc(F)cc2)n1)Nc1ccccc1OC(F)(F)F. The lowest BCUT2D eigenvalue weighted by Gasteiger charge is -2.14. The summed E-state index contributed by atoms with van der Waals surface area (Å²) < 4.78 is 59.6. The minimum absolute atomic E-state index is 0. The molecule has 0 bridgehead atoms. The number of aromatic nitrogens is 1. The van der Waals surface area contributed by atoms with Crippen molar-refractivity contribution < 1.29 is 26.7 Å². The summed E-state index contributed by atoms with van der Waals surface area (Å²) in [6, 6.07) is 11.2. The van der Waals surface area contributed by atoms with Crippen LogP contribution in [0, 0.1) is 5.82 Å². The van der Waals surface area contributed by atoms with Gasteiger partial charge in [0.05, 0.1) is 11.4 Å². The minimum atomic E-state index is -4.82. The lowest BCUT2D eigenvalue weighted by atomic mass is 10.2. The van der Waals surface area contributed by atoms with Crippen LogP contribution in [0.5, 0.6) is 5.75 Å². The molecule has 11 heteroatoms. The summed E-state index contributed by atoms with van der Waals surface area (Å²) in [5, 5.41) is 2.58. The Morgan fingerprint density at radius 1 is 1.13 bits per heavy atom. The summed E-state index contributed by atoms with van der Waals surface area (Å²) in [6.07, 6.45) is -2.99. The molecule has 0 aliphatic carbocycles. The van der Waals surface area contributed by atoms with Crippen LogP contribution in [-0.4, -0.2) is 23.9 Å². The van der Waals surface area contributed by atoms with Gasteiger partial charge in [-0.15, -0.1) is 37.1 Å². The van der Waals surface area contributed by atoms with Gasteiger partial charge in [-0.2, -0.15) is 0 Å². The third-order valence-electron chi connectivity index (χ3n) is 3.67. The Bertz CT molecular complexity index is 991. The zero-order valence-electron chi connectivity index (χ0n) is 15.3. The van der Waals surface area contributed by atoms with E-state index in [1.807, 2.05) is 0 Å². The first-order valence-corrected chi connectivity index (χ1v) is 8.42. The van der Waals surface area contributed by atoms with Gasteiger partial charge >= 0.3 is 6.36 Å². The van der Waals surface area contributed by atoms with E-state index in [-0.39, 0.29) is 48.0 Å². The van der Waals surface area contributed by atoms with Gasteiger partial charge in [0.1, 0.15) is 12.1 Å². The Balaban J connectivity index is 0.00000320. The first-order valence-electron chi connectivity index (χ1n) is 8.42. The van der Waals surface area contributed by atoms with Gasteiger partial charge in [0, 0.05) is 18.5 Å². The van der Waals surface area contributed by atoms with Crippen molar-refractivity contribution in [2.24, 2.45) is 10.7 Å². The predicted octanol–water partition coefficient (Wildman–Crippen LogP) is 4.97. The van der Waals surface area contributed by atoms with Gasteiger partial charge < -0.3 is 20.2 Å². The molecule has 0 fully saturated rings. The molecule has 160 valence electrons. The van der Waals surface area contributed by atoms with Gasteiger partial charge in [0.2, 0.25) is 5.89 Å². The van der Waals surface area contributed by atoms with Crippen molar-refractivity contribution in [1.29, 1.82) is 0 Å². The van der Waals surface area contributed by atoms with Crippen LogP contribution in [0.3, 0.4) is 0 Å². The standard InChI is InChI=1S/C19H16F4N4O2.HI/c20-13-7-5-12(6-8-13)17-26-14(11-28-17)9-10-25-18(24)27-15-3-1-2-4-16(15)29-19(21,22)23;/h1-8,11H,9-10H2,(H3,24,25,27);1H. The zero-order chi connectivity index (χ0) is 20.9. The van der Waals surface area contributed by atoms with Crippen LogP contribution in [0.25, 0.3) is 11.5 Å². The Morgan fingerprint density at radius 2 is 1.83 bits per heavy atom.